The summed E-state index contributed by atoms with van der Waals surface area (Å²) in [5.41, 5.74) is 0. The Bertz CT molecular complexity index is 99.9. The summed E-state index contributed by atoms with van der Waals surface area (Å²) in [4.78, 5) is 0. The summed E-state index contributed by atoms with van der Waals surface area (Å²) in [5, 5.41) is 4.33. The van der Waals surface area contributed by atoms with Gasteiger partial charge in [0.05, 0.1) is 11.0 Å². The van der Waals surface area contributed by atoms with Gasteiger partial charge in [-0.2, -0.15) is 13.2 Å². The third kappa shape index (κ3) is 5.90. The highest BCUT2D eigenvalue weighted by Gasteiger charge is 2.29. The van der Waals surface area contributed by atoms with E-state index in [0.717, 1.165) is 0 Å². The van der Waals surface area contributed by atoms with Crippen molar-refractivity contribution in [2.24, 2.45) is 5.14 Å². The molecular weight excluding hydrogens is 143 g/mol. The molecule has 1 atom stereocenters. The maximum absolute atomic E-state index is 11.0. The van der Waals surface area contributed by atoms with Gasteiger partial charge >= 0.3 is 6.18 Å². The first kappa shape index (κ1) is 7.90. The molecule has 0 bridgehead atoms. The molecule has 2 N–H and O–H groups in total. The van der Waals surface area contributed by atoms with Crippen molar-refractivity contribution in [1.29, 1.82) is 0 Å². The van der Waals surface area contributed by atoms with E-state index in [-0.39, 0.29) is 0 Å². The Morgan fingerprint density at radius 2 is 1.88 bits per heavy atom. The normalized spacial score (nSPS) is 16.0. The summed E-state index contributed by atoms with van der Waals surface area (Å²) < 4.78 is 42.7. The van der Waals surface area contributed by atoms with Gasteiger partial charge in [-0.3, -0.25) is 5.14 Å². The standard InChI is InChI=1S/C2H4F3NOS/c3-2(4,5)1-8(6)7/h1,6H2/t8-/m0/s1. The SMILES string of the molecule is N[S@@](=O)CC(F)(F)F. The molecule has 0 radical (unpaired) electrons. The molecule has 0 saturated heterocycles. The van der Waals surface area contributed by atoms with E-state index < -0.39 is 22.9 Å². The fourth-order valence-electron chi connectivity index (χ4n) is 0.161. The predicted octanol–water partition coefficient (Wildman–Crippen LogP) is 0.171. The van der Waals surface area contributed by atoms with Gasteiger partial charge in [0.1, 0.15) is 5.75 Å². The molecule has 0 aliphatic carbocycles. The zero-order valence-electron chi connectivity index (χ0n) is 3.73. The molecule has 0 heterocycles. The van der Waals surface area contributed by atoms with Crippen molar-refractivity contribution in [3.8, 4) is 0 Å². The highest BCUT2D eigenvalue weighted by Crippen LogP contribution is 2.13. The molecule has 0 unspecified atom stereocenters. The Hall–Kier alpha value is -0.100. The van der Waals surface area contributed by atoms with E-state index in [2.05, 4.69) is 5.14 Å². The van der Waals surface area contributed by atoms with E-state index in [1.807, 2.05) is 0 Å². The van der Waals surface area contributed by atoms with Crippen molar-refractivity contribution in [3.05, 3.63) is 0 Å². The van der Waals surface area contributed by atoms with Crippen LogP contribution in [0.3, 0.4) is 0 Å². The van der Waals surface area contributed by atoms with E-state index in [1.165, 1.54) is 0 Å². The first-order valence-corrected chi connectivity index (χ1v) is 2.99. The van der Waals surface area contributed by atoms with Crippen LogP contribution >= 0.6 is 0 Å². The molecule has 50 valence electrons. The van der Waals surface area contributed by atoms with Gasteiger partial charge in [0, 0.05) is 0 Å². The van der Waals surface area contributed by atoms with Crippen LogP contribution in [0.2, 0.25) is 0 Å². The number of rotatable bonds is 1. The molecule has 0 aromatic heterocycles. The summed E-state index contributed by atoms with van der Waals surface area (Å²) >= 11 is 0. The van der Waals surface area contributed by atoms with Crippen LogP contribution in [0.1, 0.15) is 0 Å². The van der Waals surface area contributed by atoms with Gasteiger partial charge in [-0.25, -0.2) is 4.21 Å². The quantitative estimate of drug-likeness (QED) is 0.564. The topological polar surface area (TPSA) is 43.1 Å². The fraction of sp³-hybridized carbons (Fsp3) is 1.00. The maximum atomic E-state index is 11.0. The monoisotopic (exact) mass is 147 g/mol. The van der Waals surface area contributed by atoms with Crippen molar-refractivity contribution >= 4 is 11.0 Å². The van der Waals surface area contributed by atoms with E-state index in [4.69, 9.17) is 0 Å². The molecule has 0 aliphatic rings. The van der Waals surface area contributed by atoms with Crippen LogP contribution < -0.4 is 5.14 Å². The molecule has 0 saturated carbocycles. The lowest BCUT2D eigenvalue weighted by atomic mass is 10.8. The first-order chi connectivity index (χ1) is 3.42. The fourth-order valence-corrected chi connectivity index (χ4v) is 0.484. The Labute approximate surface area is 46.5 Å². The minimum Gasteiger partial charge on any atom is -0.252 e. The van der Waals surface area contributed by atoms with Crippen molar-refractivity contribution in [2.75, 3.05) is 5.75 Å². The molecule has 0 aromatic carbocycles. The molecule has 0 aliphatic heterocycles. The van der Waals surface area contributed by atoms with Gasteiger partial charge in [-0.05, 0) is 0 Å². The molecule has 6 heteroatoms. The van der Waals surface area contributed by atoms with Gasteiger partial charge in [-0.1, -0.05) is 0 Å². The van der Waals surface area contributed by atoms with Gasteiger partial charge in [-0.15, -0.1) is 0 Å². The number of halogens is 3. The van der Waals surface area contributed by atoms with Crippen LogP contribution in [0.25, 0.3) is 0 Å². The minimum atomic E-state index is -4.40. The first-order valence-electron chi connectivity index (χ1n) is 1.61. The molecule has 8 heavy (non-hydrogen) atoms. The molecule has 0 rings (SSSR count). The Balaban J connectivity index is 3.55. The average Bonchev–Trinajstić information content (AvgIpc) is 1.21. The third-order valence-corrected chi connectivity index (χ3v) is 0.918. The Morgan fingerprint density at radius 1 is 1.50 bits per heavy atom. The number of hydrogen-bond acceptors (Lipinski definition) is 1. The largest absolute Gasteiger partial charge is 0.401 e. The van der Waals surface area contributed by atoms with E-state index in [1.54, 1.807) is 0 Å². The number of hydrogen-bond donors (Lipinski definition) is 1. The van der Waals surface area contributed by atoms with Crippen molar-refractivity contribution in [2.45, 2.75) is 6.18 Å². The van der Waals surface area contributed by atoms with E-state index in [0.29, 0.717) is 0 Å². The highest BCUT2D eigenvalue weighted by atomic mass is 32.2. The van der Waals surface area contributed by atoms with Crippen LogP contribution in [0.5, 0.6) is 0 Å². The summed E-state index contributed by atoms with van der Waals surface area (Å²) in [7, 11) is -2.26. The molecule has 0 fully saturated rings. The summed E-state index contributed by atoms with van der Waals surface area (Å²) in [6.45, 7) is 0. The van der Waals surface area contributed by atoms with Crippen LogP contribution in [0.4, 0.5) is 13.2 Å². The number of nitrogens with two attached hydrogens (primary N) is 1. The molecule has 0 aromatic rings. The lowest BCUT2D eigenvalue weighted by Crippen LogP contribution is -2.22. The van der Waals surface area contributed by atoms with E-state index in [9.17, 15) is 17.4 Å². The maximum Gasteiger partial charge on any atom is 0.401 e. The van der Waals surface area contributed by atoms with Gasteiger partial charge in [0.25, 0.3) is 0 Å². The zero-order valence-corrected chi connectivity index (χ0v) is 4.55. The molecule has 0 spiro atoms. The Morgan fingerprint density at radius 3 is 1.88 bits per heavy atom. The van der Waals surface area contributed by atoms with Gasteiger partial charge < -0.3 is 0 Å². The van der Waals surface area contributed by atoms with Crippen LogP contribution in [-0.4, -0.2) is 16.1 Å². The second-order valence-electron chi connectivity index (χ2n) is 1.14. The molecule has 0 amide bonds. The van der Waals surface area contributed by atoms with Crippen molar-refractivity contribution < 1.29 is 17.4 Å². The van der Waals surface area contributed by atoms with Crippen molar-refractivity contribution in [1.82, 2.24) is 0 Å². The minimum absolute atomic E-state index is 1.42. The summed E-state index contributed by atoms with van der Waals surface area (Å²) in [6, 6.07) is 0. The second kappa shape index (κ2) is 2.45. The molecule has 2 nitrogen and oxygen atoms in total. The summed E-state index contributed by atoms with van der Waals surface area (Å²) in [5.74, 6) is -1.42. The van der Waals surface area contributed by atoms with Crippen LogP contribution in [0, 0.1) is 0 Å². The summed E-state index contributed by atoms with van der Waals surface area (Å²) in [6.07, 6.45) is -4.40. The second-order valence-corrected chi connectivity index (χ2v) is 2.19. The average molecular weight is 147 g/mol. The third-order valence-electron chi connectivity index (χ3n) is 0.306. The van der Waals surface area contributed by atoms with Crippen LogP contribution in [-0.2, 0) is 11.0 Å². The Kier molecular flexibility index (Phi) is 2.42. The van der Waals surface area contributed by atoms with Crippen LogP contribution in [0.15, 0.2) is 0 Å². The van der Waals surface area contributed by atoms with Gasteiger partial charge in [0.15, 0.2) is 0 Å². The highest BCUT2D eigenvalue weighted by molar-refractivity contribution is 7.82. The molecular formula is C2H4F3NOS. The zero-order chi connectivity index (χ0) is 6.78. The smallest absolute Gasteiger partial charge is 0.252 e. The van der Waals surface area contributed by atoms with Crippen molar-refractivity contribution in [3.63, 3.8) is 0 Å². The lowest BCUT2D eigenvalue weighted by molar-refractivity contribution is -0.105. The van der Waals surface area contributed by atoms with Gasteiger partial charge in [0.2, 0.25) is 0 Å². The lowest BCUT2D eigenvalue weighted by Gasteiger charge is -2.00. The van der Waals surface area contributed by atoms with E-state index >= 15 is 0 Å². The predicted molar refractivity (Wildman–Crippen MR) is 23.3 cm³/mol. The number of alkyl halides is 3.